The summed E-state index contributed by atoms with van der Waals surface area (Å²) in [6.45, 7) is 0. The Balaban J connectivity index is 2.34. The van der Waals surface area contributed by atoms with E-state index in [1.807, 2.05) is 0 Å². The van der Waals surface area contributed by atoms with Crippen LogP contribution < -0.4 is 0 Å². The molecule has 0 aromatic rings. The van der Waals surface area contributed by atoms with Crippen LogP contribution in [0.1, 0.15) is 51.4 Å². The van der Waals surface area contributed by atoms with Crippen LogP contribution >= 0.6 is 47.0 Å². The molecule has 1 aliphatic rings. The topological polar surface area (TPSA) is 68.3 Å². The number of thioether (sulfide) groups is 4. The first-order valence-electron chi connectivity index (χ1n) is 8.20. The van der Waals surface area contributed by atoms with E-state index in [4.69, 9.17) is 0 Å². The van der Waals surface area contributed by atoms with E-state index < -0.39 is 0 Å². The highest BCUT2D eigenvalue weighted by atomic mass is 32.2. The maximum absolute atomic E-state index is 11.7. The van der Waals surface area contributed by atoms with Gasteiger partial charge in [-0.25, -0.2) is 0 Å². The Morgan fingerprint density at radius 3 is 0.833 bits per heavy atom. The molecule has 0 aromatic carbocycles. The summed E-state index contributed by atoms with van der Waals surface area (Å²) in [5.41, 5.74) is 0. The molecule has 1 rings (SSSR count). The summed E-state index contributed by atoms with van der Waals surface area (Å²) in [7, 11) is 0. The first kappa shape index (κ1) is 22.1. The maximum atomic E-state index is 11.7. The van der Waals surface area contributed by atoms with Crippen molar-refractivity contribution in [3.05, 3.63) is 0 Å². The fourth-order valence-electron chi connectivity index (χ4n) is 1.99. The molecular weight excluding hydrogens is 384 g/mol. The van der Waals surface area contributed by atoms with Gasteiger partial charge < -0.3 is 0 Å². The highest BCUT2D eigenvalue weighted by Crippen LogP contribution is 2.18. The van der Waals surface area contributed by atoms with Gasteiger partial charge in [0.2, 0.25) is 0 Å². The second-order valence-corrected chi connectivity index (χ2v) is 9.91. The first-order valence-corrected chi connectivity index (χ1v) is 12.1. The maximum Gasteiger partial charge on any atom is 0.188 e. The van der Waals surface area contributed by atoms with Gasteiger partial charge in [-0.15, -0.1) is 0 Å². The number of rotatable bonds is 0. The van der Waals surface area contributed by atoms with Crippen LogP contribution in [0.4, 0.5) is 0 Å². The van der Waals surface area contributed by atoms with Crippen molar-refractivity contribution in [2.75, 3.05) is 23.0 Å². The molecule has 0 aromatic heterocycles. The van der Waals surface area contributed by atoms with Gasteiger partial charge in [0.25, 0.3) is 0 Å². The van der Waals surface area contributed by atoms with Gasteiger partial charge in [-0.05, 0) is 25.7 Å². The molecule has 1 heterocycles. The van der Waals surface area contributed by atoms with E-state index in [-0.39, 0.29) is 20.5 Å². The normalized spacial score (nSPS) is 22.3. The molecule has 0 unspecified atom stereocenters. The molecule has 0 radical (unpaired) electrons. The molecule has 1 aliphatic heterocycles. The van der Waals surface area contributed by atoms with Crippen LogP contribution in [0, 0.1) is 0 Å². The summed E-state index contributed by atoms with van der Waals surface area (Å²) in [5, 5.41) is 0.583. The molecule has 0 spiro atoms. The van der Waals surface area contributed by atoms with Crippen LogP contribution in [0.3, 0.4) is 0 Å². The van der Waals surface area contributed by atoms with Crippen LogP contribution in [0.5, 0.6) is 0 Å². The van der Waals surface area contributed by atoms with Gasteiger partial charge in [0.05, 0.1) is 0 Å². The third-order valence-corrected chi connectivity index (χ3v) is 7.50. The lowest BCUT2D eigenvalue weighted by molar-refractivity contribution is -0.112. The zero-order valence-corrected chi connectivity index (χ0v) is 17.0. The summed E-state index contributed by atoms with van der Waals surface area (Å²) in [4.78, 5) is 46.8. The predicted octanol–water partition coefficient (Wildman–Crippen LogP) is 4.16. The minimum Gasteiger partial charge on any atom is -0.287 e. The summed E-state index contributed by atoms with van der Waals surface area (Å²) in [6, 6.07) is 0. The number of hydrogen-bond donors (Lipinski definition) is 0. The number of carbonyl (C=O) groups excluding carboxylic acids is 4. The van der Waals surface area contributed by atoms with Crippen LogP contribution in [-0.4, -0.2) is 43.5 Å². The molecule has 8 heteroatoms. The highest BCUT2D eigenvalue weighted by Gasteiger charge is 2.09. The van der Waals surface area contributed by atoms with E-state index in [1.165, 1.54) is 47.0 Å². The highest BCUT2D eigenvalue weighted by molar-refractivity contribution is 8.17. The van der Waals surface area contributed by atoms with E-state index in [9.17, 15) is 19.2 Å². The summed E-state index contributed by atoms with van der Waals surface area (Å²) >= 11 is 5.12. The van der Waals surface area contributed by atoms with Crippen LogP contribution in [-0.2, 0) is 19.2 Å². The minimum atomic E-state index is 0.146. The number of hydrogen-bond acceptors (Lipinski definition) is 8. The molecule has 0 bridgehead atoms. The monoisotopic (exact) mass is 408 g/mol. The second-order valence-electron chi connectivity index (χ2n) is 5.30. The van der Waals surface area contributed by atoms with E-state index in [0.717, 1.165) is 25.7 Å². The van der Waals surface area contributed by atoms with Crippen molar-refractivity contribution in [1.29, 1.82) is 0 Å². The molecule has 1 saturated heterocycles. The van der Waals surface area contributed by atoms with Gasteiger partial charge in [0, 0.05) is 48.7 Å². The number of carbonyl (C=O) groups is 4. The largest absolute Gasteiger partial charge is 0.287 e. The van der Waals surface area contributed by atoms with E-state index in [0.29, 0.717) is 48.7 Å². The molecule has 1 fully saturated rings. The smallest absolute Gasteiger partial charge is 0.188 e. The van der Waals surface area contributed by atoms with Gasteiger partial charge in [-0.1, -0.05) is 47.0 Å². The van der Waals surface area contributed by atoms with Crippen LogP contribution in [0.25, 0.3) is 0 Å². The second kappa shape index (κ2) is 14.3. The quantitative estimate of drug-likeness (QED) is 0.592. The van der Waals surface area contributed by atoms with E-state index >= 15 is 0 Å². The Morgan fingerprint density at radius 2 is 0.625 bits per heavy atom. The molecule has 0 N–H and O–H groups in total. The van der Waals surface area contributed by atoms with Gasteiger partial charge in [0.1, 0.15) is 0 Å². The van der Waals surface area contributed by atoms with Crippen LogP contribution in [0.15, 0.2) is 0 Å². The Hall–Kier alpha value is 0.0800. The standard InChI is InChI=1S/C16H24O4S4/c17-13-5-1-2-6-14(18)22-11-12-24-16(20)8-4-3-7-15(19)23-10-9-21-13/h1-12H2. The third-order valence-electron chi connectivity index (χ3n) is 3.24. The summed E-state index contributed by atoms with van der Waals surface area (Å²) in [5.74, 6) is 2.61. The van der Waals surface area contributed by atoms with Crippen molar-refractivity contribution < 1.29 is 19.2 Å². The first-order chi connectivity index (χ1) is 11.6. The molecule has 136 valence electrons. The van der Waals surface area contributed by atoms with Gasteiger partial charge >= 0.3 is 0 Å². The van der Waals surface area contributed by atoms with Crippen molar-refractivity contribution in [3.63, 3.8) is 0 Å². The van der Waals surface area contributed by atoms with Crippen molar-refractivity contribution in [2.24, 2.45) is 0 Å². The van der Waals surface area contributed by atoms with Crippen LogP contribution in [0.2, 0.25) is 0 Å². The lowest BCUT2D eigenvalue weighted by Crippen LogP contribution is -2.01. The molecule has 0 atom stereocenters. The fraction of sp³-hybridized carbons (Fsp3) is 0.750. The zero-order valence-electron chi connectivity index (χ0n) is 13.8. The zero-order chi connectivity index (χ0) is 17.6. The Kier molecular flexibility index (Phi) is 13.2. The molecular formula is C16H24O4S4. The fourth-order valence-corrected chi connectivity index (χ4v) is 5.39. The van der Waals surface area contributed by atoms with E-state index in [1.54, 1.807) is 0 Å². The minimum absolute atomic E-state index is 0.146. The third kappa shape index (κ3) is 12.4. The van der Waals surface area contributed by atoms with Crippen molar-refractivity contribution in [2.45, 2.75) is 51.4 Å². The average Bonchev–Trinajstić information content (AvgIpc) is 2.55. The predicted molar refractivity (Wildman–Crippen MR) is 107 cm³/mol. The van der Waals surface area contributed by atoms with E-state index in [2.05, 4.69) is 0 Å². The molecule has 0 saturated carbocycles. The average molecular weight is 409 g/mol. The van der Waals surface area contributed by atoms with Gasteiger partial charge in [0.15, 0.2) is 20.5 Å². The van der Waals surface area contributed by atoms with Crippen molar-refractivity contribution in [3.8, 4) is 0 Å². The van der Waals surface area contributed by atoms with Gasteiger partial charge in [-0.2, -0.15) is 0 Å². The molecule has 24 heavy (non-hydrogen) atoms. The summed E-state index contributed by atoms with van der Waals surface area (Å²) in [6.07, 6.45) is 4.90. The lowest BCUT2D eigenvalue weighted by atomic mass is 10.2. The van der Waals surface area contributed by atoms with Gasteiger partial charge in [-0.3, -0.25) is 19.2 Å². The molecule has 0 amide bonds. The Labute approximate surface area is 160 Å². The molecule has 4 nitrogen and oxygen atoms in total. The van der Waals surface area contributed by atoms with Crippen molar-refractivity contribution >= 4 is 67.5 Å². The SMILES string of the molecule is O=C1CCCCC(=O)SCCSC(=O)CCCCC(=O)SCCS1. The Bertz CT molecular complexity index is 328. The Morgan fingerprint density at radius 1 is 0.417 bits per heavy atom. The van der Waals surface area contributed by atoms with Crippen molar-refractivity contribution in [1.82, 2.24) is 0 Å². The summed E-state index contributed by atoms with van der Waals surface area (Å²) < 4.78 is 0. The molecule has 0 aliphatic carbocycles. The lowest BCUT2D eigenvalue weighted by Gasteiger charge is -2.04.